The van der Waals surface area contributed by atoms with Crippen molar-refractivity contribution in [1.82, 2.24) is 9.55 Å². The summed E-state index contributed by atoms with van der Waals surface area (Å²) in [5.74, 6) is 2.01. The molecule has 4 aromatic rings. The van der Waals surface area contributed by atoms with Crippen LogP contribution in [0, 0.1) is 0 Å². The first kappa shape index (κ1) is 18.9. The molecular weight excluding hydrogens is 368 g/mol. The Labute approximate surface area is 178 Å². The Hall–Kier alpha value is -3.07. The third kappa shape index (κ3) is 3.49. The van der Waals surface area contributed by atoms with Gasteiger partial charge in [0.2, 0.25) is 0 Å². The molecule has 0 N–H and O–H groups in total. The molecule has 1 atom stereocenters. The molecule has 0 saturated carbocycles. The molecule has 0 saturated heterocycles. The summed E-state index contributed by atoms with van der Waals surface area (Å²) in [7, 11) is 0. The molecule has 0 spiro atoms. The minimum Gasteiger partial charge on any atom is -0.482 e. The quantitative estimate of drug-likeness (QED) is 0.398. The molecule has 152 valence electrons. The number of nitrogens with zero attached hydrogens (tertiary/aromatic N) is 2. The van der Waals surface area contributed by atoms with E-state index in [1.807, 2.05) is 6.07 Å². The normalized spacial score (nSPS) is 16.3. The molecule has 0 amide bonds. The largest absolute Gasteiger partial charge is 0.482 e. The first-order valence-electron chi connectivity index (χ1n) is 10.8. The molecule has 1 unspecified atom stereocenters. The number of aryl methyl sites for hydroxylation is 1. The number of ether oxygens (including phenoxy) is 1. The van der Waals surface area contributed by atoms with Gasteiger partial charge in [0.25, 0.3) is 0 Å². The molecule has 0 radical (unpaired) electrons. The summed E-state index contributed by atoms with van der Waals surface area (Å²) in [5.41, 5.74) is 6.28. The van der Waals surface area contributed by atoms with Gasteiger partial charge in [0.1, 0.15) is 5.75 Å². The number of benzene rings is 3. The lowest BCUT2D eigenvalue weighted by Gasteiger charge is -2.26. The second kappa shape index (κ2) is 7.32. The average molecular weight is 397 g/mol. The first-order chi connectivity index (χ1) is 14.5. The van der Waals surface area contributed by atoms with Gasteiger partial charge in [-0.2, -0.15) is 0 Å². The van der Waals surface area contributed by atoms with Gasteiger partial charge in [-0.1, -0.05) is 75.4 Å². The molecule has 3 heteroatoms. The Kier molecular flexibility index (Phi) is 4.62. The number of hydrogen-bond acceptors (Lipinski definition) is 2. The van der Waals surface area contributed by atoms with Crippen LogP contribution in [-0.2, 0) is 18.4 Å². The fraction of sp³-hybridized carbons (Fsp3) is 0.296. The van der Waals surface area contributed by atoms with E-state index in [1.165, 1.54) is 16.7 Å². The zero-order chi connectivity index (χ0) is 20.7. The van der Waals surface area contributed by atoms with Crippen molar-refractivity contribution < 1.29 is 4.74 Å². The lowest BCUT2D eigenvalue weighted by atomic mass is 9.87. The summed E-state index contributed by atoms with van der Waals surface area (Å²) in [5, 5.41) is 0. The van der Waals surface area contributed by atoms with Gasteiger partial charge < -0.3 is 9.30 Å². The van der Waals surface area contributed by atoms with Crippen molar-refractivity contribution >= 4 is 11.0 Å². The Bertz CT molecular complexity index is 1180. The number of aromatic nitrogens is 2. The number of fused-ring (bicyclic) bond motifs is 2. The van der Waals surface area contributed by atoms with Crippen LogP contribution in [0.25, 0.3) is 11.0 Å². The summed E-state index contributed by atoms with van der Waals surface area (Å²) in [4.78, 5) is 5.00. The molecule has 1 aromatic heterocycles. The van der Waals surface area contributed by atoms with Crippen molar-refractivity contribution in [3.8, 4) is 5.75 Å². The predicted molar refractivity (Wildman–Crippen MR) is 122 cm³/mol. The SMILES string of the molecule is CC(C)(C)c1ccc(Cn2c(C3CCc4ccccc4O3)nc3ccccc32)cc1. The topological polar surface area (TPSA) is 27.1 Å². The molecule has 3 aromatic carbocycles. The monoisotopic (exact) mass is 396 g/mol. The molecular formula is C27H28N2O. The highest BCUT2D eigenvalue weighted by Crippen LogP contribution is 2.35. The van der Waals surface area contributed by atoms with Crippen LogP contribution >= 0.6 is 0 Å². The van der Waals surface area contributed by atoms with Crippen LogP contribution in [0.2, 0.25) is 0 Å². The second-order valence-electron chi connectivity index (χ2n) is 9.24. The van der Waals surface area contributed by atoms with Crippen molar-refractivity contribution in [2.45, 2.75) is 51.7 Å². The number of imidazole rings is 1. The van der Waals surface area contributed by atoms with Crippen molar-refractivity contribution in [2.24, 2.45) is 0 Å². The fourth-order valence-electron chi connectivity index (χ4n) is 4.30. The van der Waals surface area contributed by atoms with Crippen molar-refractivity contribution in [3.63, 3.8) is 0 Å². The van der Waals surface area contributed by atoms with Crippen LogP contribution in [0.5, 0.6) is 5.75 Å². The van der Waals surface area contributed by atoms with Gasteiger partial charge in [0, 0.05) is 6.54 Å². The zero-order valence-electron chi connectivity index (χ0n) is 17.9. The maximum atomic E-state index is 6.41. The molecule has 5 rings (SSSR count). The minimum atomic E-state index is -0.0267. The molecule has 1 aliphatic heterocycles. The van der Waals surface area contributed by atoms with Gasteiger partial charge in [-0.25, -0.2) is 4.98 Å². The Morgan fingerprint density at radius 3 is 2.47 bits per heavy atom. The minimum absolute atomic E-state index is 0.0267. The summed E-state index contributed by atoms with van der Waals surface area (Å²) in [6.07, 6.45) is 1.94. The van der Waals surface area contributed by atoms with E-state index in [2.05, 4.69) is 92.1 Å². The average Bonchev–Trinajstić information content (AvgIpc) is 3.12. The third-order valence-electron chi connectivity index (χ3n) is 6.05. The number of para-hydroxylation sites is 3. The van der Waals surface area contributed by atoms with E-state index in [0.29, 0.717) is 0 Å². The van der Waals surface area contributed by atoms with Crippen molar-refractivity contribution in [2.75, 3.05) is 0 Å². The van der Waals surface area contributed by atoms with Crippen LogP contribution in [0.1, 0.15) is 55.8 Å². The lowest BCUT2D eigenvalue weighted by molar-refractivity contribution is 0.164. The highest BCUT2D eigenvalue weighted by atomic mass is 16.5. The molecule has 3 nitrogen and oxygen atoms in total. The predicted octanol–water partition coefficient (Wildman–Crippen LogP) is 6.45. The summed E-state index contributed by atoms with van der Waals surface area (Å²) in [6, 6.07) is 25.7. The Morgan fingerprint density at radius 1 is 0.933 bits per heavy atom. The number of hydrogen-bond donors (Lipinski definition) is 0. The zero-order valence-corrected chi connectivity index (χ0v) is 17.9. The van der Waals surface area contributed by atoms with Crippen LogP contribution in [0.3, 0.4) is 0 Å². The Balaban J connectivity index is 1.52. The van der Waals surface area contributed by atoms with Gasteiger partial charge >= 0.3 is 0 Å². The van der Waals surface area contributed by atoms with Crippen LogP contribution in [0.15, 0.2) is 72.8 Å². The lowest BCUT2D eigenvalue weighted by Crippen LogP contribution is -2.20. The van der Waals surface area contributed by atoms with E-state index >= 15 is 0 Å². The summed E-state index contributed by atoms with van der Waals surface area (Å²) in [6.45, 7) is 7.55. The molecule has 2 heterocycles. The van der Waals surface area contributed by atoms with Crippen molar-refractivity contribution in [3.05, 3.63) is 95.3 Å². The fourth-order valence-corrected chi connectivity index (χ4v) is 4.30. The van der Waals surface area contributed by atoms with Crippen LogP contribution in [-0.4, -0.2) is 9.55 Å². The van der Waals surface area contributed by atoms with E-state index in [-0.39, 0.29) is 11.5 Å². The molecule has 0 aliphatic carbocycles. The van der Waals surface area contributed by atoms with Crippen LogP contribution < -0.4 is 4.74 Å². The van der Waals surface area contributed by atoms with Gasteiger partial charge in [-0.05, 0) is 53.1 Å². The molecule has 30 heavy (non-hydrogen) atoms. The van der Waals surface area contributed by atoms with E-state index in [4.69, 9.17) is 9.72 Å². The standard InChI is InChI=1S/C27H28N2O/c1-27(2,3)21-15-12-19(13-16-21)18-29-23-10-6-5-9-22(23)28-26(29)25-17-14-20-8-4-7-11-24(20)30-25/h4-13,15-16,25H,14,17-18H2,1-3H3. The van der Waals surface area contributed by atoms with Crippen LogP contribution in [0.4, 0.5) is 0 Å². The highest BCUT2D eigenvalue weighted by molar-refractivity contribution is 5.76. The maximum Gasteiger partial charge on any atom is 0.157 e. The van der Waals surface area contributed by atoms with Gasteiger partial charge in [-0.15, -0.1) is 0 Å². The van der Waals surface area contributed by atoms with E-state index in [9.17, 15) is 0 Å². The van der Waals surface area contributed by atoms with E-state index < -0.39 is 0 Å². The third-order valence-corrected chi connectivity index (χ3v) is 6.05. The maximum absolute atomic E-state index is 6.41. The number of rotatable bonds is 3. The summed E-state index contributed by atoms with van der Waals surface area (Å²) < 4.78 is 8.74. The second-order valence-corrected chi connectivity index (χ2v) is 9.24. The molecule has 1 aliphatic rings. The van der Waals surface area contributed by atoms with Gasteiger partial charge in [-0.3, -0.25) is 0 Å². The van der Waals surface area contributed by atoms with Crippen molar-refractivity contribution in [1.29, 1.82) is 0 Å². The molecule has 0 bridgehead atoms. The first-order valence-corrected chi connectivity index (χ1v) is 10.8. The van der Waals surface area contributed by atoms with Gasteiger partial charge in [0.05, 0.1) is 11.0 Å². The Morgan fingerprint density at radius 2 is 1.67 bits per heavy atom. The smallest absolute Gasteiger partial charge is 0.157 e. The summed E-state index contributed by atoms with van der Waals surface area (Å²) >= 11 is 0. The van der Waals surface area contributed by atoms with Gasteiger partial charge in [0.15, 0.2) is 11.9 Å². The molecule has 0 fully saturated rings. The highest BCUT2D eigenvalue weighted by Gasteiger charge is 2.26. The van der Waals surface area contributed by atoms with E-state index in [0.717, 1.165) is 42.0 Å². The van der Waals surface area contributed by atoms with E-state index in [1.54, 1.807) is 0 Å².